The monoisotopic (exact) mass is 472 g/mol. The molecule has 0 bridgehead atoms. The molecule has 8 heteroatoms. The summed E-state index contributed by atoms with van der Waals surface area (Å²) in [4.78, 5) is 24.0. The van der Waals surface area contributed by atoms with Crippen molar-refractivity contribution in [1.29, 1.82) is 0 Å². The normalized spacial score (nSPS) is 10.7. The fraction of sp³-hybridized carbons (Fsp3) is 0.154. The van der Waals surface area contributed by atoms with Gasteiger partial charge in [0.25, 0.3) is 5.91 Å². The number of thioether (sulfide) groups is 1. The van der Waals surface area contributed by atoms with Crippen LogP contribution in [0, 0.1) is 0 Å². The molecule has 1 amide bonds. The van der Waals surface area contributed by atoms with Crippen LogP contribution < -0.4 is 5.32 Å². The number of anilines is 1. The number of aromatic carboxylic acids is 1. The number of aromatic nitrogens is 3. The lowest BCUT2D eigenvalue weighted by atomic mass is 10.1. The van der Waals surface area contributed by atoms with Gasteiger partial charge in [-0.15, -0.1) is 10.2 Å². The maximum atomic E-state index is 12.6. The zero-order valence-corrected chi connectivity index (χ0v) is 19.5. The van der Waals surface area contributed by atoms with Crippen LogP contribution in [0.4, 0.5) is 5.69 Å². The highest BCUT2D eigenvalue weighted by Crippen LogP contribution is 2.21. The van der Waals surface area contributed by atoms with Crippen molar-refractivity contribution in [3.8, 4) is 0 Å². The molecule has 0 unspecified atom stereocenters. The molecule has 1 heterocycles. The molecule has 0 aliphatic heterocycles. The number of hydrogen-bond acceptors (Lipinski definition) is 5. The minimum atomic E-state index is -1.14. The minimum absolute atomic E-state index is 0.0314. The Hall–Kier alpha value is -3.91. The van der Waals surface area contributed by atoms with Gasteiger partial charge in [0.1, 0.15) is 5.82 Å². The summed E-state index contributed by atoms with van der Waals surface area (Å²) in [5.41, 5.74) is 2.89. The average molecular weight is 473 g/mol. The molecular weight excluding hydrogens is 448 g/mol. The lowest BCUT2D eigenvalue weighted by Gasteiger charge is -2.12. The van der Waals surface area contributed by atoms with E-state index in [9.17, 15) is 14.7 Å². The first kappa shape index (κ1) is 23.3. The summed E-state index contributed by atoms with van der Waals surface area (Å²) >= 11 is 1.65. The first-order valence-corrected chi connectivity index (χ1v) is 11.8. The van der Waals surface area contributed by atoms with Gasteiger partial charge in [-0.25, -0.2) is 4.79 Å². The number of nitrogens with one attached hydrogen (secondary N) is 1. The number of carbonyl (C=O) groups excluding carboxylic acids is 1. The molecule has 7 nitrogen and oxygen atoms in total. The van der Waals surface area contributed by atoms with Crippen LogP contribution in [0.5, 0.6) is 0 Å². The van der Waals surface area contributed by atoms with E-state index in [2.05, 4.69) is 39.1 Å². The molecule has 0 aliphatic rings. The molecule has 4 rings (SSSR count). The Kier molecular flexibility index (Phi) is 7.39. The van der Waals surface area contributed by atoms with E-state index in [1.54, 1.807) is 23.9 Å². The van der Waals surface area contributed by atoms with Crippen LogP contribution in [0.2, 0.25) is 0 Å². The van der Waals surface area contributed by atoms with E-state index in [0.29, 0.717) is 18.7 Å². The van der Waals surface area contributed by atoms with Gasteiger partial charge in [0.15, 0.2) is 5.16 Å². The Morgan fingerprint density at radius 3 is 2.24 bits per heavy atom. The SMILES string of the molecule is CCSc1nnc(Cc2ccccc2)n1Cc1ccc(NC(=O)c2ccccc2C(=O)O)cc1. The third-order valence-electron chi connectivity index (χ3n) is 5.23. The predicted molar refractivity (Wildman–Crippen MR) is 133 cm³/mol. The minimum Gasteiger partial charge on any atom is -0.478 e. The molecule has 0 saturated carbocycles. The van der Waals surface area contributed by atoms with Crippen molar-refractivity contribution >= 4 is 29.3 Å². The molecule has 0 spiro atoms. The van der Waals surface area contributed by atoms with E-state index >= 15 is 0 Å². The number of benzene rings is 3. The van der Waals surface area contributed by atoms with E-state index in [0.717, 1.165) is 22.3 Å². The van der Waals surface area contributed by atoms with Crippen molar-refractivity contribution in [1.82, 2.24) is 14.8 Å². The van der Waals surface area contributed by atoms with Crippen LogP contribution in [0.25, 0.3) is 0 Å². The van der Waals surface area contributed by atoms with Crippen LogP contribution in [-0.4, -0.2) is 37.5 Å². The van der Waals surface area contributed by atoms with E-state index in [1.807, 2.05) is 42.5 Å². The Labute approximate surface area is 201 Å². The summed E-state index contributed by atoms with van der Waals surface area (Å²) in [5, 5.41) is 21.8. The van der Waals surface area contributed by atoms with Gasteiger partial charge in [0.2, 0.25) is 0 Å². The molecule has 2 N–H and O–H groups in total. The largest absolute Gasteiger partial charge is 0.478 e. The summed E-state index contributed by atoms with van der Waals surface area (Å²) < 4.78 is 2.12. The van der Waals surface area contributed by atoms with E-state index in [1.165, 1.54) is 17.7 Å². The van der Waals surface area contributed by atoms with Crippen molar-refractivity contribution in [2.75, 3.05) is 11.1 Å². The van der Waals surface area contributed by atoms with Gasteiger partial charge in [0, 0.05) is 12.1 Å². The fourth-order valence-electron chi connectivity index (χ4n) is 3.56. The number of carbonyl (C=O) groups is 2. The van der Waals surface area contributed by atoms with Crippen molar-refractivity contribution < 1.29 is 14.7 Å². The number of carboxylic acid groups (broad SMARTS) is 1. The Morgan fingerprint density at radius 2 is 1.56 bits per heavy atom. The third kappa shape index (κ3) is 5.52. The standard InChI is InChI=1S/C26H24N4O3S/c1-2-34-26-29-28-23(16-18-8-4-3-5-9-18)30(26)17-19-12-14-20(15-13-19)27-24(31)21-10-6-7-11-22(21)25(32)33/h3-15H,2,16-17H2,1H3,(H,27,31)(H,32,33). The van der Waals surface area contributed by atoms with E-state index in [-0.39, 0.29) is 11.1 Å². The Balaban J connectivity index is 1.50. The lowest BCUT2D eigenvalue weighted by Crippen LogP contribution is -2.16. The summed E-state index contributed by atoms with van der Waals surface area (Å²) in [6.07, 6.45) is 0.690. The van der Waals surface area contributed by atoms with Crippen molar-refractivity contribution in [3.05, 3.63) is 107 Å². The van der Waals surface area contributed by atoms with Crippen LogP contribution in [-0.2, 0) is 13.0 Å². The molecule has 1 aromatic heterocycles. The smallest absolute Gasteiger partial charge is 0.336 e. The maximum absolute atomic E-state index is 12.6. The summed E-state index contributed by atoms with van der Waals surface area (Å²) in [6, 6.07) is 23.8. The fourth-order valence-corrected chi connectivity index (χ4v) is 4.25. The van der Waals surface area contributed by atoms with Crippen LogP contribution in [0.15, 0.2) is 84.0 Å². The number of rotatable bonds is 9. The molecule has 4 aromatic rings. The Morgan fingerprint density at radius 1 is 0.882 bits per heavy atom. The first-order chi connectivity index (χ1) is 16.5. The van der Waals surface area contributed by atoms with E-state index in [4.69, 9.17) is 0 Å². The van der Waals surface area contributed by atoms with Gasteiger partial charge in [-0.05, 0) is 41.1 Å². The zero-order chi connectivity index (χ0) is 23.9. The molecule has 34 heavy (non-hydrogen) atoms. The lowest BCUT2D eigenvalue weighted by molar-refractivity contribution is 0.0692. The highest BCUT2D eigenvalue weighted by Gasteiger charge is 2.16. The quantitative estimate of drug-likeness (QED) is 0.334. The second-order valence-electron chi connectivity index (χ2n) is 7.58. The highest BCUT2D eigenvalue weighted by molar-refractivity contribution is 7.99. The summed E-state index contributed by atoms with van der Waals surface area (Å²) in [5.74, 6) is 0.190. The molecule has 3 aromatic carbocycles. The maximum Gasteiger partial charge on any atom is 0.336 e. The number of carboxylic acids is 1. The molecule has 0 saturated heterocycles. The molecule has 0 aliphatic carbocycles. The van der Waals surface area contributed by atoms with Crippen LogP contribution in [0.1, 0.15) is 44.6 Å². The van der Waals surface area contributed by atoms with Crippen molar-refractivity contribution in [3.63, 3.8) is 0 Å². The van der Waals surface area contributed by atoms with Crippen molar-refractivity contribution in [2.24, 2.45) is 0 Å². The second-order valence-corrected chi connectivity index (χ2v) is 8.81. The van der Waals surface area contributed by atoms with Crippen LogP contribution >= 0.6 is 11.8 Å². The molecule has 0 radical (unpaired) electrons. The van der Waals surface area contributed by atoms with Gasteiger partial charge in [-0.3, -0.25) is 4.79 Å². The van der Waals surface area contributed by atoms with Crippen molar-refractivity contribution in [2.45, 2.75) is 25.0 Å². The summed E-state index contributed by atoms with van der Waals surface area (Å²) in [7, 11) is 0. The molecule has 0 fully saturated rings. The number of hydrogen-bond donors (Lipinski definition) is 2. The molecule has 172 valence electrons. The molecular formula is C26H24N4O3S. The van der Waals surface area contributed by atoms with Gasteiger partial charge in [0.05, 0.1) is 17.7 Å². The third-order valence-corrected chi connectivity index (χ3v) is 6.08. The Bertz CT molecular complexity index is 1290. The van der Waals surface area contributed by atoms with E-state index < -0.39 is 11.9 Å². The topological polar surface area (TPSA) is 97.1 Å². The highest BCUT2D eigenvalue weighted by atomic mass is 32.2. The van der Waals surface area contributed by atoms with Gasteiger partial charge in [-0.1, -0.05) is 73.3 Å². The van der Waals surface area contributed by atoms with Gasteiger partial charge >= 0.3 is 5.97 Å². The average Bonchev–Trinajstić information content (AvgIpc) is 3.21. The molecule has 0 atom stereocenters. The summed E-state index contributed by atoms with van der Waals surface area (Å²) in [6.45, 7) is 2.69. The number of amides is 1. The van der Waals surface area contributed by atoms with Crippen LogP contribution in [0.3, 0.4) is 0 Å². The second kappa shape index (κ2) is 10.8. The van der Waals surface area contributed by atoms with Gasteiger partial charge in [-0.2, -0.15) is 0 Å². The zero-order valence-electron chi connectivity index (χ0n) is 18.6. The van der Waals surface area contributed by atoms with Gasteiger partial charge < -0.3 is 15.0 Å². The first-order valence-electron chi connectivity index (χ1n) is 10.9. The number of nitrogens with zero attached hydrogens (tertiary/aromatic N) is 3. The predicted octanol–water partition coefficient (Wildman–Crippen LogP) is 4.98.